The Labute approximate surface area is 130 Å². The zero-order chi connectivity index (χ0) is 16.0. The van der Waals surface area contributed by atoms with Crippen LogP contribution in [-0.2, 0) is 11.2 Å². The number of fused-ring (bicyclic) bond motifs is 1. The summed E-state index contributed by atoms with van der Waals surface area (Å²) in [4.78, 5) is 17.7. The maximum Gasteiger partial charge on any atom is 0.410 e. The lowest BCUT2D eigenvalue weighted by molar-refractivity contribution is 0.0898. The molecule has 1 atom stereocenters. The second kappa shape index (κ2) is 7.84. The van der Waals surface area contributed by atoms with Crippen molar-refractivity contribution in [2.45, 2.75) is 40.2 Å². The highest BCUT2D eigenvalue weighted by molar-refractivity contribution is 6.30. The summed E-state index contributed by atoms with van der Waals surface area (Å²) in [6.07, 6.45) is 0.276. The number of aromatic nitrogens is 1. The maximum absolute atomic E-state index is 11.8. The zero-order valence-electron chi connectivity index (χ0n) is 12.8. The first kappa shape index (κ1) is 17.3. The molecule has 0 bridgehead atoms. The van der Waals surface area contributed by atoms with Crippen molar-refractivity contribution in [3.8, 4) is 6.07 Å². The molecule has 0 spiro atoms. The topological polar surface area (TPSA) is 66.2 Å². The summed E-state index contributed by atoms with van der Waals surface area (Å²) in [5.74, 6) is 0. The number of halogens is 1. The van der Waals surface area contributed by atoms with Gasteiger partial charge in [0.2, 0.25) is 0 Å². The van der Waals surface area contributed by atoms with E-state index in [1.807, 2.05) is 26.8 Å². The van der Waals surface area contributed by atoms with Crippen molar-refractivity contribution in [2.24, 2.45) is 0 Å². The van der Waals surface area contributed by atoms with Gasteiger partial charge in [0.25, 0.3) is 0 Å². The molecular weight excluding hydrogens is 290 g/mol. The van der Waals surface area contributed by atoms with Gasteiger partial charge in [-0.15, -0.1) is 0 Å². The molecule has 2 heterocycles. The highest BCUT2D eigenvalue weighted by Crippen LogP contribution is 2.31. The van der Waals surface area contributed by atoms with Crippen molar-refractivity contribution in [1.82, 2.24) is 9.88 Å². The molecule has 114 valence electrons. The minimum atomic E-state index is -0.339. The van der Waals surface area contributed by atoms with Crippen LogP contribution in [0.5, 0.6) is 0 Å². The van der Waals surface area contributed by atoms with E-state index in [0.717, 1.165) is 11.3 Å². The minimum Gasteiger partial charge on any atom is -0.450 e. The number of nitrogens with zero attached hydrogens (tertiary/aromatic N) is 3. The molecule has 0 fully saturated rings. The molecule has 1 aliphatic heterocycles. The fourth-order valence-corrected chi connectivity index (χ4v) is 2.42. The summed E-state index contributed by atoms with van der Waals surface area (Å²) in [7, 11) is 0. The first-order valence-electron chi connectivity index (χ1n) is 7.11. The first-order chi connectivity index (χ1) is 10.1. The van der Waals surface area contributed by atoms with Crippen molar-refractivity contribution in [3.63, 3.8) is 0 Å². The van der Waals surface area contributed by atoms with Crippen molar-refractivity contribution in [1.29, 1.82) is 5.26 Å². The van der Waals surface area contributed by atoms with Gasteiger partial charge < -0.3 is 9.64 Å². The van der Waals surface area contributed by atoms with Gasteiger partial charge in [-0.3, -0.25) is 0 Å². The molecule has 0 N–H and O–H groups in total. The molecule has 0 saturated carbocycles. The largest absolute Gasteiger partial charge is 0.450 e. The standard InChI is InChI=1S/C13H14ClN3O2.C2H6/c1-3-19-13(18)17-5-4-11-10(8(17)2)6-9(7-15)12(14)16-11;1-2/h6,8H,3-5H2,1-2H3;1-2H3. The van der Waals surface area contributed by atoms with Gasteiger partial charge in [-0.2, -0.15) is 5.26 Å². The van der Waals surface area contributed by atoms with E-state index in [1.54, 1.807) is 17.9 Å². The number of carbonyl (C=O) groups excluding carboxylic acids is 1. The molecule has 0 radical (unpaired) electrons. The van der Waals surface area contributed by atoms with E-state index in [1.165, 1.54) is 0 Å². The molecule has 1 aromatic heterocycles. The molecule has 2 rings (SSSR count). The highest BCUT2D eigenvalue weighted by atomic mass is 35.5. The Morgan fingerprint density at radius 1 is 1.62 bits per heavy atom. The van der Waals surface area contributed by atoms with E-state index in [4.69, 9.17) is 21.6 Å². The first-order valence-corrected chi connectivity index (χ1v) is 7.49. The quantitative estimate of drug-likeness (QED) is 0.742. The molecule has 0 aromatic carbocycles. The van der Waals surface area contributed by atoms with Gasteiger partial charge in [-0.25, -0.2) is 9.78 Å². The number of carbonyl (C=O) groups is 1. The molecule has 0 saturated heterocycles. The van der Waals surface area contributed by atoms with E-state index >= 15 is 0 Å². The van der Waals surface area contributed by atoms with Gasteiger partial charge in [0, 0.05) is 18.7 Å². The van der Waals surface area contributed by atoms with Crippen molar-refractivity contribution in [2.75, 3.05) is 13.2 Å². The van der Waals surface area contributed by atoms with E-state index in [-0.39, 0.29) is 17.3 Å². The number of amides is 1. The molecule has 21 heavy (non-hydrogen) atoms. The number of hydrogen-bond donors (Lipinski definition) is 0. The molecule has 5 nitrogen and oxygen atoms in total. The van der Waals surface area contributed by atoms with Crippen LogP contribution in [0.25, 0.3) is 0 Å². The highest BCUT2D eigenvalue weighted by Gasteiger charge is 2.30. The Bertz CT molecular complexity index is 555. The summed E-state index contributed by atoms with van der Waals surface area (Å²) in [6.45, 7) is 8.56. The maximum atomic E-state index is 11.8. The molecule has 1 amide bonds. The van der Waals surface area contributed by atoms with Gasteiger partial charge in [0.05, 0.1) is 18.2 Å². The average molecular weight is 310 g/mol. The SMILES string of the molecule is CC.CCOC(=O)N1CCc2nc(Cl)c(C#N)cc2C1C. The Morgan fingerprint density at radius 2 is 2.29 bits per heavy atom. The summed E-state index contributed by atoms with van der Waals surface area (Å²) in [6, 6.07) is 3.55. The normalized spacial score (nSPS) is 16.2. The van der Waals surface area contributed by atoms with Crippen LogP contribution in [0.1, 0.15) is 50.6 Å². The van der Waals surface area contributed by atoms with Crippen LogP contribution in [0.15, 0.2) is 6.07 Å². The number of nitriles is 1. The Morgan fingerprint density at radius 3 is 2.86 bits per heavy atom. The lowest BCUT2D eigenvalue weighted by atomic mass is 9.97. The number of rotatable bonds is 1. The van der Waals surface area contributed by atoms with Crippen LogP contribution < -0.4 is 0 Å². The lowest BCUT2D eigenvalue weighted by Gasteiger charge is -2.33. The molecule has 1 aliphatic rings. The summed E-state index contributed by atoms with van der Waals surface area (Å²) in [5, 5.41) is 9.21. The summed E-state index contributed by atoms with van der Waals surface area (Å²) >= 11 is 5.92. The second-order valence-electron chi connectivity index (χ2n) is 4.29. The van der Waals surface area contributed by atoms with Crippen LogP contribution >= 0.6 is 11.6 Å². The molecular formula is C15H20ClN3O2. The van der Waals surface area contributed by atoms with Gasteiger partial charge in [0.15, 0.2) is 0 Å². The molecule has 0 aliphatic carbocycles. The van der Waals surface area contributed by atoms with Gasteiger partial charge in [-0.1, -0.05) is 25.4 Å². The molecule has 6 heteroatoms. The van der Waals surface area contributed by atoms with Crippen molar-refractivity contribution < 1.29 is 9.53 Å². The van der Waals surface area contributed by atoms with Gasteiger partial charge >= 0.3 is 6.09 Å². The van der Waals surface area contributed by atoms with Crippen LogP contribution in [0.4, 0.5) is 4.79 Å². The number of ether oxygens (including phenoxy) is 1. The lowest BCUT2D eigenvalue weighted by Crippen LogP contribution is -2.39. The summed E-state index contributed by atoms with van der Waals surface area (Å²) < 4.78 is 5.02. The van der Waals surface area contributed by atoms with Crippen LogP contribution in [-0.4, -0.2) is 29.1 Å². The Hall–Kier alpha value is -1.80. The van der Waals surface area contributed by atoms with Gasteiger partial charge in [0.1, 0.15) is 11.2 Å². The van der Waals surface area contributed by atoms with Gasteiger partial charge in [-0.05, 0) is 25.5 Å². The fourth-order valence-electron chi connectivity index (χ4n) is 2.23. The molecule has 1 aromatic rings. The third-order valence-electron chi connectivity index (χ3n) is 3.22. The Kier molecular flexibility index (Phi) is 6.44. The predicted octanol–water partition coefficient (Wildman–Crippen LogP) is 3.71. The monoisotopic (exact) mass is 309 g/mol. The second-order valence-corrected chi connectivity index (χ2v) is 4.65. The number of hydrogen-bond acceptors (Lipinski definition) is 4. The van der Waals surface area contributed by atoms with E-state index in [0.29, 0.717) is 25.1 Å². The third-order valence-corrected chi connectivity index (χ3v) is 3.51. The smallest absolute Gasteiger partial charge is 0.410 e. The predicted molar refractivity (Wildman–Crippen MR) is 81.2 cm³/mol. The van der Waals surface area contributed by atoms with Crippen molar-refractivity contribution >= 4 is 17.7 Å². The average Bonchev–Trinajstić information content (AvgIpc) is 2.49. The van der Waals surface area contributed by atoms with Crippen LogP contribution in [0.3, 0.4) is 0 Å². The Balaban J connectivity index is 0.00000106. The number of pyridine rings is 1. The van der Waals surface area contributed by atoms with E-state index in [2.05, 4.69) is 4.98 Å². The van der Waals surface area contributed by atoms with Crippen LogP contribution in [0, 0.1) is 11.3 Å². The van der Waals surface area contributed by atoms with E-state index in [9.17, 15) is 4.79 Å². The van der Waals surface area contributed by atoms with Crippen LogP contribution in [0.2, 0.25) is 5.15 Å². The van der Waals surface area contributed by atoms with Crippen molar-refractivity contribution in [3.05, 3.63) is 28.0 Å². The minimum absolute atomic E-state index is 0.167. The zero-order valence-corrected chi connectivity index (χ0v) is 13.6. The fraction of sp³-hybridized carbons (Fsp3) is 0.533. The van der Waals surface area contributed by atoms with E-state index < -0.39 is 0 Å². The molecule has 1 unspecified atom stereocenters. The summed E-state index contributed by atoms with van der Waals surface area (Å²) in [5.41, 5.74) is 2.04. The third kappa shape index (κ3) is 3.64.